The van der Waals surface area contributed by atoms with Crippen LogP contribution in [0.1, 0.15) is 25.5 Å². The number of ether oxygens (including phenoxy) is 1. The Morgan fingerprint density at radius 2 is 2.03 bits per heavy atom. The van der Waals surface area contributed by atoms with Gasteiger partial charge in [0.05, 0.1) is 18.8 Å². The van der Waals surface area contributed by atoms with E-state index in [2.05, 4.69) is 25.4 Å². The van der Waals surface area contributed by atoms with Gasteiger partial charge in [0.2, 0.25) is 5.95 Å². The molecule has 0 aromatic carbocycles. The van der Waals surface area contributed by atoms with Gasteiger partial charge in [0.15, 0.2) is 23.2 Å². The fourth-order valence-electron chi connectivity index (χ4n) is 4.16. The van der Waals surface area contributed by atoms with Gasteiger partial charge in [-0.2, -0.15) is 5.10 Å². The van der Waals surface area contributed by atoms with E-state index in [-0.39, 0.29) is 6.04 Å². The predicted molar refractivity (Wildman–Crippen MR) is 103 cm³/mol. The van der Waals surface area contributed by atoms with Crippen LogP contribution in [-0.4, -0.2) is 86.8 Å². The quantitative estimate of drug-likeness (QED) is 0.346. The smallest absolute Gasteiger partial charge is 0.235 e. The minimum Gasteiger partial charge on any atom is -0.394 e. The van der Waals surface area contributed by atoms with Crippen molar-refractivity contribution < 1.29 is 25.2 Å². The van der Waals surface area contributed by atoms with Crippen molar-refractivity contribution in [3.8, 4) is 5.95 Å². The van der Waals surface area contributed by atoms with Crippen molar-refractivity contribution in [2.24, 2.45) is 0 Å². The SMILES string of the molecule is OC[C@H]1O[C@@H](n2c(-n3cccn3)nc3c(N[C@@H]4CCC[C@H]4O)ncnc32)C(O)C1O. The fourth-order valence-corrected chi connectivity index (χ4v) is 4.16. The lowest BCUT2D eigenvalue weighted by Gasteiger charge is -2.19. The molecule has 3 aromatic rings. The van der Waals surface area contributed by atoms with E-state index >= 15 is 0 Å². The van der Waals surface area contributed by atoms with Crippen molar-refractivity contribution in [2.45, 2.75) is 55.9 Å². The second kappa shape index (κ2) is 7.56. The minimum atomic E-state index is -1.31. The highest BCUT2D eigenvalue weighted by Crippen LogP contribution is 2.35. The molecule has 1 saturated heterocycles. The van der Waals surface area contributed by atoms with E-state index in [0.29, 0.717) is 22.9 Å². The van der Waals surface area contributed by atoms with Crippen LogP contribution in [-0.2, 0) is 4.74 Å². The zero-order valence-electron chi connectivity index (χ0n) is 16.0. The average Bonchev–Trinajstić information content (AvgIpc) is 3.52. The van der Waals surface area contributed by atoms with Crippen molar-refractivity contribution in [2.75, 3.05) is 11.9 Å². The molecule has 5 N–H and O–H groups in total. The lowest BCUT2D eigenvalue weighted by Crippen LogP contribution is -2.33. The summed E-state index contributed by atoms with van der Waals surface area (Å²) in [5, 5.41) is 47.9. The number of imidazole rings is 1. The summed E-state index contributed by atoms with van der Waals surface area (Å²) in [6.45, 7) is -0.445. The van der Waals surface area contributed by atoms with E-state index in [1.54, 1.807) is 18.5 Å². The normalized spacial score (nSPS) is 31.6. The van der Waals surface area contributed by atoms with Gasteiger partial charge < -0.3 is 30.5 Å². The number of aliphatic hydroxyl groups is 4. The van der Waals surface area contributed by atoms with Crippen molar-refractivity contribution in [1.29, 1.82) is 0 Å². The van der Waals surface area contributed by atoms with Gasteiger partial charge in [-0.1, -0.05) is 0 Å². The van der Waals surface area contributed by atoms with Crippen molar-refractivity contribution in [1.82, 2.24) is 29.3 Å². The Morgan fingerprint density at radius 1 is 1.17 bits per heavy atom. The number of hydrogen-bond acceptors (Lipinski definition) is 10. The van der Waals surface area contributed by atoms with E-state index < -0.39 is 37.3 Å². The van der Waals surface area contributed by atoms with Gasteiger partial charge in [0.1, 0.15) is 24.6 Å². The third-order valence-electron chi connectivity index (χ3n) is 5.74. The maximum absolute atomic E-state index is 10.6. The second-order valence-corrected chi connectivity index (χ2v) is 7.60. The monoisotopic (exact) mass is 417 g/mol. The van der Waals surface area contributed by atoms with Crippen LogP contribution >= 0.6 is 0 Å². The molecule has 12 nitrogen and oxygen atoms in total. The summed E-state index contributed by atoms with van der Waals surface area (Å²) in [4.78, 5) is 13.3. The van der Waals surface area contributed by atoms with Crippen LogP contribution in [0.25, 0.3) is 17.1 Å². The van der Waals surface area contributed by atoms with Gasteiger partial charge in [-0.3, -0.25) is 4.57 Å². The largest absolute Gasteiger partial charge is 0.394 e. The summed E-state index contributed by atoms with van der Waals surface area (Å²) in [7, 11) is 0. The standard InChI is InChI=1S/C18H23N7O5/c26-7-11-13(28)14(29)17(30-11)25-16-12(23-18(25)24-6-2-5-21-24)15(19-8-20-16)22-9-3-1-4-10(9)27/h2,5-6,8-11,13-14,17,26-29H,1,3-4,7H2,(H,19,20,22)/t9-,10-,11-,13?,14?,17-/m1/s1. The zero-order valence-corrected chi connectivity index (χ0v) is 16.0. The highest BCUT2D eigenvalue weighted by molar-refractivity contribution is 5.84. The van der Waals surface area contributed by atoms with Crippen LogP contribution in [0.5, 0.6) is 0 Å². The number of anilines is 1. The third-order valence-corrected chi connectivity index (χ3v) is 5.74. The van der Waals surface area contributed by atoms with E-state index in [0.717, 1.165) is 19.3 Å². The molecule has 12 heteroatoms. The van der Waals surface area contributed by atoms with Crippen LogP contribution in [0.4, 0.5) is 5.82 Å². The van der Waals surface area contributed by atoms with Crippen LogP contribution in [0, 0.1) is 0 Å². The number of rotatable bonds is 5. The number of aromatic nitrogens is 6. The Kier molecular flexibility index (Phi) is 4.87. The molecule has 1 saturated carbocycles. The highest BCUT2D eigenvalue weighted by Gasteiger charge is 2.45. The number of aliphatic hydroxyl groups excluding tert-OH is 4. The van der Waals surface area contributed by atoms with Crippen molar-refractivity contribution in [3.05, 3.63) is 24.8 Å². The molecule has 6 atom stereocenters. The van der Waals surface area contributed by atoms with E-state index in [1.807, 2.05) is 0 Å². The first-order valence-electron chi connectivity index (χ1n) is 9.88. The summed E-state index contributed by atoms with van der Waals surface area (Å²) >= 11 is 0. The van der Waals surface area contributed by atoms with Crippen molar-refractivity contribution >= 4 is 17.0 Å². The molecule has 0 radical (unpaired) electrons. The molecule has 5 rings (SSSR count). The van der Waals surface area contributed by atoms with Crippen LogP contribution < -0.4 is 5.32 Å². The van der Waals surface area contributed by atoms with Gasteiger partial charge in [0.25, 0.3) is 0 Å². The summed E-state index contributed by atoms with van der Waals surface area (Å²) < 4.78 is 8.75. The third kappa shape index (κ3) is 3.04. The number of fused-ring (bicyclic) bond motifs is 1. The molecule has 2 aliphatic rings. The van der Waals surface area contributed by atoms with E-state index in [4.69, 9.17) is 4.74 Å². The van der Waals surface area contributed by atoms with Gasteiger partial charge >= 0.3 is 0 Å². The number of hydrogen-bond donors (Lipinski definition) is 5. The molecule has 0 amide bonds. The molecule has 1 aliphatic carbocycles. The Balaban J connectivity index is 1.63. The topological polar surface area (TPSA) is 164 Å². The predicted octanol–water partition coefficient (Wildman–Crippen LogP) is -1.05. The molecular formula is C18H23N7O5. The van der Waals surface area contributed by atoms with Crippen molar-refractivity contribution in [3.63, 3.8) is 0 Å². The molecule has 160 valence electrons. The molecular weight excluding hydrogens is 394 g/mol. The van der Waals surface area contributed by atoms with Gasteiger partial charge in [0, 0.05) is 12.4 Å². The van der Waals surface area contributed by atoms with Crippen LogP contribution in [0.15, 0.2) is 24.8 Å². The average molecular weight is 417 g/mol. The van der Waals surface area contributed by atoms with Gasteiger partial charge in [-0.25, -0.2) is 19.6 Å². The Bertz CT molecular complexity index is 1030. The number of nitrogens with one attached hydrogen (secondary N) is 1. The molecule has 30 heavy (non-hydrogen) atoms. The first-order valence-corrected chi connectivity index (χ1v) is 9.88. The second-order valence-electron chi connectivity index (χ2n) is 7.60. The maximum atomic E-state index is 10.6. The lowest BCUT2D eigenvalue weighted by molar-refractivity contribution is -0.0511. The lowest BCUT2D eigenvalue weighted by atomic mass is 10.1. The van der Waals surface area contributed by atoms with Crippen LogP contribution in [0.2, 0.25) is 0 Å². The van der Waals surface area contributed by atoms with Crippen LogP contribution in [0.3, 0.4) is 0 Å². The Labute approximate surface area is 170 Å². The molecule has 3 aromatic heterocycles. The minimum absolute atomic E-state index is 0.143. The van der Waals surface area contributed by atoms with E-state index in [1.165, 1.54) is 15.6 Å². The first kappa shape index (κ1) is 19.3. The summed E-state index contributed by atoms with van der Waals surface area (Å²) in [5.41, 5.74) is 0.778. The molecule has 0 bridgehead atoms. The summed E-state index contributed by atoms with van der Waals surface area (Å²) in [6, 6.07) is 1.58. The van der Waals surface area contributed by atoms with Gasteiger partial charge in [-0.05, 0) is 25.3 Å². The number of nitrogens with zero attached hydrogens (tertiary/aromatic N) is 6. The molecule has 4 heterocycles. The summed E-state index contributed by atoms with van der Waals surface area (Å²) in [5.74, 6) is 0.755. The Hall–Kier alpha value is -2.64. The first-order chi connectivity index (χ1) is 14.6. The fraction of sp³-hybridized carbons (Fsp3) is 0.556. The molecule has 2 unspecified atom stereocenters. The molecule has 0 spiro atoms. The zero-order chi connectivity index (χ0) is 20.8. The summed E-state index contributed by atoms with van der Waals surface area (Å²) in [6.07, 6.45) is 2.05. The van der Waals surface area contributed by atoms with E-state index in [9.17, 15) is 20.4 Å². The van der Waals surface area contributed by atoms with Gasteiger partial charge in [-0.15, -0.1) is 0 Å². The molecule has 2 fully saturated rings. The maximum Gasteiger partial charge on any atom is 0.235 e. The highest BCUT2D eigenvalue weighted by atomic mass is 16.6. The Morgan fingerprint density at radius 3 is 2.70 bits per heavy atom. The molecule has 1 aliphatic heterocycles.